The number of carboxylic acid groups (broad SMARTS) is 1. The van der Waals surface area contributed by atoms with Crippen molar-refractivity contribution in [2.24, 2.45) is 0 Å². The minimum absolute atomic E-state index is 0.465. The van der Waals surface area contributed by atoms with Gasteiger partial charge < -0.3 is 14.0 Å². The lowest BCUT2D eigenvalue weighted by molar-refractivity contribution is -0.140. The summed E-state index contributed by atoms with van der Waals surface area (Å²) >= 11 is 0. The Morgan fingerprint density at radius 2 is 2.25 bits per heavy atom. The van der Waals surface area contributed by atoms with Gasteiger partial charge in [-0.05, 0) is 25.0 Å². The molecule has 2 heterocycles. The number of aliphatic carboxylic acids is 1. The van der Waals surface area contributed by atoms with E-state index in [1.54, 1.807) is 18.2 Å². The van der Waals surface area contributed by atoms with Gasteiger partial charge in [0.25, 0.3) is 0 Å². The summed E-state index contributed by atoms with van der Waals surface area (Å²) < 4.78 is 10.2. The van der Waals surface area contributed by atoms with Crippen LogP contribution in [0.15, 0.2) is 33.4 Å². The van der Waals surface area contributed by atoms with Crippen LogP contribution in [0.5, 0.6) is 0 Å². The van der Waals surface area contributed by atoms with Gasteiger partial charge in [-0.2, -0.15) is 0 Å². The molecule has 0 bridgehead atoms. The Labute approximate surface area is 90.7 Å². The first-order valence-corrected chi connectivity index (χ1v) is 4.97. The molecule has 0 radical (unpaired) electrons. The third-order valence-electron chi connectivity index (χ3n) is 2.92. The monoisotopic (exact) mass is 219 g/mol. The van der Waals surface area contributed by atoms with E-state index < -0.39 is 11.4 Å². The second-order valence-corrected chi connectivity index (χ2v) is 3.94. The lowest BCUT2D eigenvalue weighted by Crippen LogP contribution is -2.19. The normalized spacial score (nSPS) is 17.2. The molecule has 3 rings (SSSR count). The van der Waals surface area contributed by atoms with Gasteiger partial charge in [0, 0.05) is 6.07 Å². The Morgan fingerprint density at radius 1 is 1.44 bits per heavy atom. The molecule has 1 fully saturated rings. The number of rotatable bonds is 3. The molecule has 0 amide bonds. The van der Waals surface area contributed by atoms with Crippen LogP contribution >= 0.6 is 0 Å². The number of aromatic nitrogens is 1. The molecule has 0 aromatic carbocycles. The number of furan rings is 1. The Morgan fingerprint density at radius 3 is 2.81 bits per heavy atom. The van der Waals surface area contributed by atoms with Crippen molar-refractivity contribution in [3.05, 3.63) is 30.2 Å². The van der Waals surface area contributed by atoms with Crippen LogP contribution in [0.3, 0.4) is 0 Å². The maximum Gasteiger partial charge on any atom is 0.315 e. The maximum atomic E-state index is 11.1. The molecule has 2 aromatic heterocycles. The van der Waals surface area contributed by atoms with Gasteiger partial charge in [0.15, 0.2) is 5.76 Å². The SMILES string of the molecule is O=C(O)C1(c2cc(-c3ccco3)on2)CC1. The van der Waals surface area contributed by atoms with Crippen molar-refractivity contribution >= 4 is 5.97 Å². The van der Waals surface area contributed by atoms with E-state index in [2.05, 4.69) is 5.16 Å². The van der Waals surface area contributed by atoms with Crippen LogP contribution < -0.4 is 0 Å². The second kappa shape index (κ2) is 2.98. The van der Waals surface area contributed by atoms with E-state index in [4.69, 9.17) is 14.0 Å². The van der Waals surface area contributed by atoms with Crippen molar-refractivity contribution in [1.29, 1.82) is 0 Å². The Balaban J connectivity index is 1.98. The van der Waals surface area contributed by atoms with Gasteiger partial charge >= 0.3 is 5.97 Å². The summed E-state index contributed by atoms with van der Waals surface area (Å²) in [5.74, 6) is 0.180. The largest absolute Gasteiger partial charge is 0.481 e. The van der Waals surface area contributed by atoms with Gasteiger partial charge in [-0.15, -0.1) is 0 Å². The molecule has 0 spiro atoms. The third-order valence-corrected chi connectivity index (χ3v) is 2.92. The standard InChI is InChI=1S/C11H9NO4/c13-10(14)11(3-4-11)9-6-8(16-12-9)7-2-1-5-15-7/h1-2,5-6H,3-4H2,(H,13,14). The van der Waals surface area contributed by atoms with E-state index in [1.807, 2.05) is 0 Å². The summed E-state index contributed by atoms with van der Waals surface area (Å²) in [6.45, 7) is 0. The van der Waals surface area contributed by atoms with Crippen molar-refractivity contribution in [2.75, 3.05) is 0 Å². The van der Waals surface area contributed by atoms with Crippen molar-refractivity contribution in [3.63, 3.8) is 0 Å². The van der Waals surface area contributed by atoms with Crippen LogP contribution in [0, 0.1) is 0 Å². The molecule has 5 nitrogen and oxygen atoms in total. The molecule has 16 heavy (non-hydrogen) atoms. The highest BCUT2D eigenvalue weighted by molar-refractivity contribution is 5.84. The summed E-state index contributed by atoms with van der Waals surface area (Å²) in [7, 11) is 0. The Hall–Kier alpha value is -2.04. The van der Waals surface area contributed by atoms with Gasteiger partial charge in [0.2, 0.25) is 5.76 Å². The molecule has 1 aliphatic rings. The van der Waals surface area contributed by atoms with Gasteiger partial charge in [-0.3, -0.25) is 4.79 Å². The molecular weight excluding hydrogens is 210 g/mol. The van der Waals surface area contributed by atoms with Gasteiger partial charge in [0.05, 0.1) is 6.26 Å². The van der Waals surface area contributed by atoms with Crippen LogP contribution in [-0.4, -0.2) is 16.2 Å². The zero-order chi connectivity index (χ0) is 11.2. The molecule has 0 unspecified atom stereocenters. The van der Waals surface area contributed by atoms with Gasteiger partial charge in [-0.1, -0.05) is 5.16 Å². The van der Waals surface area contributed by atoms with Gasteiger partial charge in [0.1, 0.15) is 11.1 Å². The molecule has 2 aromatic rings. The number of nitrogens with zero attached hydrogens (tertiary/aromatic N) is 1. The molecule has 1 aliphatic carbocycles. The van der Waals surface area contributed by atoms with E-state index in [0.717, 1.165) is 0 Å². The van der Waals surface area contributed by atoms with Crippen LogP contribution in [0.2, 0.25) is 0 Å². The zero-order valence-electron chi connectivity index (χ0n) is 8.34. The fourth-order valence-electron chi connectivity index (χ4n) is 1.74. The van der Waals surface area contributed by atoms with Crippen molar-refractivity contribution in [1.82, 2.24) is 5.16 Å². The average Bonchev–Trinajstić information content (AvgIpc) is 2.75. The van der Waals surface area contributed by atoms with E-state index in [0.29, 0.717) is 30.1 Å². The molecule has 0 aliphatic heterocycles. The van der Waals surface area contributed by atoms with E-state index in [9.17, 15) is 4.79 Å². The molecule has 1 N–H and O–H groups in total. The molecule has 82 valence electrons. The smallest absolute Gasteiger partial charge is 0.315 e. The first-order valence-electron chi connectivity index (χ1n) is 4.97. The number of hydrogen-bond donors (Lipinski definition) is 1. The molecule has 1 saturated carbocycles. The number of hydrogen-bond acceptors (Lipinski definition) is 4. The van der Waals surface area contributed by atoms with Gasteiger partial charge in [-0.25, -0.2) is 0 Å². The molecular formula is C11H9NO4. The first kappa shape index (κ1) is 9.21. The van der Waals surface area contributed by atoms with Crippen LogP contribution in [-0.2, 0) is 10.2 Å². The fourth-order valence-corrected chi connectivity index (χ4v) is 1.74. The number of carboxylic acids is 1. The van der Waals surface area contributed by atoms with Crippen molar-refractivity contribution in [2.45, 2.75) is 18.3 Å². The fraction of sp³-hybridized carbons (Fsp3) is 0.273. The van der Waals surface area contributed by atoms with E-state index >= 15 is 0 Å². The summed E-state index contributed by atoms with van der Waals surface area (Å²) in [6.07, 6.45) is 2.76. The van der Waals surface area contributed by atoms with E-state index in [-0.39, 0.29) is 0 Å². The summed E-state index contributed by atoms with van der Waals surface area (Å²) in [4.78, 5) is 11.1. The lowest BCUT2D eigenvalue weighted by atomic mass is 10.0. The Kier molecular flexibility index (Phi) is 1.71. The van der Waals surface area contributed by atoms with Crippen LogP contribution in [0.25, 0.3) is 11.5 Å². The third kappa shape index (κ3) is 1.18. The molecule has 0 atom stereocenters. The highest BCUT2D eigenvalue weighted by Crippen LogP contribution is 2.48. The summed E-state index contributed by atoms with van der Waals surface area (Å²) in [5, 5.41) is 12.9. The summed E-state index contributed by atoms with van der Waals surface area (Å²) in [5.41, 5.74) is -0.347. The minimum Gasteiger partial charge on any atom is -0.481 e. The highest BCUT2D eigenvalue weighted by Gasteiger charge is 2.54. The topological polar surface area (TPSA) is 76.5 Å². The first-order chi connectivity index (χ1) is 7.72. The van der Waals surface area contributed by atoms with Crippen molar-refractivity contribution < 1.29 is 18.8 Å². The predicted molar refractivity (Wildman–Crippen MR) is 52.8 cm³/mol. The Bertz CT molecular complexity index is 522. The van der Waals surface area contributed by atoms with Crippen LogP contribution in [0.4, 0.5) is 0 Å². The summed E-state index contributed by atoms with van der Waals surface area (Å²) in [6, 6.07) is 5.12. The zero-order valence-corrected chi connectivity index (χ0v) is 8.34. The van der Waals surface area contributed by atoms with Crippen molar-refractivity contribution in [3.8, 4) is 11.5 Å². The quantitative estimate of drug-likeness (QED) is 0.854. The molecule has 0 saturated heterocycles. The highest BCUT2D eigenvalue weighted by atomic mass is 16.5. The van der Waals surface area contributed by atoms with Crippen LogP contribution in [0.1, 0.15) is 18.5 Å². The predicted octanol–water partition coefficient (Wildman–Crippen LogP) is 2.05. The number of carbonyl (C=O) groups is 1. The average molecular weight is 219 g/mol. The second-order valence-electron chi connectivity index (χ2n) is 3.94. The molecule has 5 heteroatoms. The maximum absolute atomic E-state index is 11.1. The lowest BCUT2D eigenvalue weighted by Gasteiger charge is -2.02. The van der Waals surface area contributed by atoms with E-state index in [1.165, 1.54) is 6.26 Å². The minimum atomic E-state index is -0.841.